The quantitative estimate of drug-likeness (QED) is 0.380. The molecule has 0 aliphatic heterocycles. The van der Waals surface area contributed by atoms with Crippen LogP contribution in [0.3, 0.4) is 0 Å². The summed E-state index contributed by atoms with van der Waals surface area (Å²) in [5.74, 6) is -0.477. The molecule has 0 spiro atoms. The summed E-state index contributed by atoms with van der Waals surface area (Å²) >= 11 is 6.28. The van der Waals surface area contributed by atoms with Gasteiger partial charge in [-0.25, -0.2) is 4.98 Å². The lowest BCUT2D eigenvalue weighted by atomic mass is 10.1. The number of fused-ring (bicyclic) bond motifs is 1. The second kappa shape index (κ2) is 7.61. The number of nitrogens with zero attached hydrogens (tertiary/aromatic N) is 2. The normalized spacial score (nSPS) is 11.3. The minimum absolute atomic E-state index is 0.0344. The Bertz CT molecular complexity index is 1110. The first kappa shape index (κ1) is 18.6. The summed E-state index contributed by atoms with van der Waals surface area (Å²) < 4.78 is 0. The van der Waals surface area contributed by atoms with Crippen LogP contribution in [0.25, 0.3) is 17.0 Å². The van der Waals surface area contributed by atoms with Crippen molar-refractivity contribution in [1.29, 1.82) is 5.26 Å². The Hall–Kier alpha value is -3.16. The van der Waals surface area contributed by atoms with E-state index >= 15 is 0 Å². The largest absolute Gasteiger partial charge is 0.321 e. The Labute approximate surface area is 163 Å². The molecule has 0 atom stereocenters. The van der Waals surface area contributed by atoms with Crippen molar-refractivity contribution in [3.63, 3.8) is 0 Å². The fraction of sp³-hybridized carbons (Fsp3) is 0.136. The summed E-state index contributed by atoms with van der Waals surface area (Å²) in [6, 6.07) is 15.4. The van der Waals surface area contributed by atoms with Crippen LogP contribution in [0, 0.1) is 32.1 Å². The first-order chi connectivity index (χ1) is 12.9. The van der Waals surface area contributed by atoms with E-state index in [0.717, 1.165) is 27.6 Å². The van der Waals surface area contributed by atoms with E-state index in [2.05, 4.69) is 10.3 Å². The first-order valence-corrected chi connectivity index (χ1v) is 8.83. The summed E-state index contributed by atoms with van der Waals surface area (Å²) in [5, 5.41) is 13.4. The van der Waals surface area contributed by atoms with Crippen molar-refractivity contribution in [2.45, 2.75) is 20.8 Å². The molecule has 27 heavy (non-hydrogen) atoms. The summed E-state index contributed by atoms with van der Waals surface area (Å²) in [7, 11) is 0. The number of amides is 1. The Kier molecular flexibility index (Phi) is 5.25. The monoisotopic (exact) mass is 375 g/mol. The van der Waals surface area contributed by atoms with Gasteiger partial charge in [0.25, 0.3) is 5.91 Å². The zero-order valence-electron chi connectivity index (χ0n) is 15.3. The zero-order chi connectivity index (χ0) is 19.6. The van der Waals surface area contributed by atoms with Gasteiger partial charge in [0.15, 0.2) is 0 Å². The van der Waals surface area contributed by atoms with Gasteiger partial charge in [-0.2, -0.15) is 5.26 Å². The van der Waals surface area contributed by atoms with Gasteiger partial charge in [-0.1, -0.05) is 41.9 Å². The molecule has 1 N–H and O–H groups in total. The maximum atomic E-state index is 12.6. The van der Waals surface area contributed by atoms with E-state index in [9.17, 15) is 10.1 Å². The third kappa shape index (κ3) is 3.99. The van der Waals surface area contributed by atoms with Gasteiger partial charge in [-0.15, -0.1) is 0 Å². The van der Waals surface area contributed by atoms with Crippen molar-refractivity contribution in [3.8, 4) is 6.07 Å². The minimum atomic E-state index is -0.477. The highest BCUT2D eigenvalue weighted by Gasteiger charge is 2.14. The lowest BCUT2D eigenvalue weighted by molar-refractivity contribution is -0.112. The molecule has 2 aromatic carbocycles. The minimum Gasteiger partial charge on any atom is -0.321 e. The number of pyridine rings is 1. The number of carbonyl (C=O) groups is 1. The summed E-state index contributed by atoms with van der Waals surface area (Å²) in [6.07, 6.45) is 1.47. The molecule has 1 heterocycles. The average molecular weight is 376 g/mol. The molecular weight excluding hydrogens is 358 g/mol. The Morgan fingerprint density at radius 1 is 1.15 bits per heavy atom. The maximum Gasteiger partial charge on any atom is 0.266 e. The molecule has 0 fully saturated rings. The predicted molar refractivity (Wildman–Crippen MR) is 110 cm³/mol. The molecule has 0 bridgehead atoms. The highest BCUT2D eigenvalue weighted by molar-refractivity contribution is 6.31. The summed E-state index contributed by atoms with van der Waals surface area (Å²) in [6.45, 7) is 5.80. The number of hydrogen-bond donors (Lipinski definition) is 1. The Morgan fingerprint density at radius 2 is 1.85 bits per heavy atom. The Morgan fingerprint density at radius 3 is 2.52 bits per heavy atom. The number of anilines is 1. The fourth-order valence-electron chi connectivity index (χ4n) is 2.87. The van der Waals surface area contributed by atoms with E-state index in [-0.39, 0.29) is 10.7 Å². The standard InChI is InChI=1S/C22H18ClN3O/c1-13-7-8-16-10-17(21(23)25-19(16)9-13)11-18(12-24)22(27)26-20-14(2)5-4-6-15(20)3/h4-11H,1-3H3,(H,26,27)/b18-11+. The fourth-order valence-corrected chi connectivity index (χ4v) is 3.07. The van der Waals surface area contributed by atoms with Crippen molar-refractivity contribution in [3.05, 3.63) is 75.4 Å². The van der Waals surface area contributed by atoms with E-state index in [0.29, 0.717) is 11.3 Å². The average Bonchev–Trinajstić information content (AvgIpc) is 2.63. The summed E-state index contributed by atoms with van der Waals surface area (Å²) in [4.78, 5) is 17.0. The lowest BCUT2D eigenvalue weighted by Crippen LogP contribution is -2.15. The van der Waals surface area contributed by atoms with Crippen LogP contribution in [0.15, 0.2) is 48.0 Å². The van der Waals surface area contributed by atoms with Crippen LogP contribution < -0.4 is 5.32 Å². The number of aromatic nitrogens is 1. The molecule has 3 aromatic rings. The molecule has 0 unspecified atom stereocenters. The highest BCUT2D eigenvalue weighted by Crippen LogP contribution is 2.25. The second-order valence-corrected chi connectivity index (χ2v) is 6.81. The van der Waals surface area contributed by atoms with Gasteiger partial charge < -0.3 is 5.32 Å². The van der Waals surface area contributed by atoms with Crippen LogP contribution in [0.5, 0.6) is 0 Å². The van der Waals surface area contributed by atoms with E-state index in [1.54, 1.807) is 0 Å². The van der Waals surface area contributed by atoms with Crippen molar-refractivity contribution in [1.82, 2.24) is 4.98 Å². The molecule has 3 rings (SSSR count). The van der Waals surface area contributed by atoms with Gasteiger partial charge in [0, 0.05) is 16.6 Å². The van der Waals surface area contributed by atoms with Crippen LogP contribution in [0.1, 0.15) is 22.3 Å². The number of aryl methyl sites for hydroxylation is 3. The SMILES string of the molecule is Cc1ccc2cc(/C=C(\C#N)C(=O)Nc3c(C)cccc3C)c(Cl)nc2c1. The van der Waals surface area contributed by atoms with Crippen molar-refractivity contribution < 1.29 is 4.79 Å². The number of rotatable bonds is 3. The topological polar surface area (TPSA) is 65.8 Å². The number of halogens is 1. The van der Waals surface area contributed by atoms with Crippen molar-refractivity contribution >= 4 is 40.2 Å². The molecule has 0 aliphatic rings. The second-order valence-electron chi connectivity index (χ2n) is 6.46. The van der Waals surface area contributed by atoms with Gasteiger partial charge in [0.05, 0.1) is 5.52 Å². The van der Waals surface area contributed by atoms with Gasteiger partial charge in [-0.3, -0.25) is 4.79 Å². The molecular formula is C22H18ClN3O. The first-order valence-electron chi connectivity index (χ1n) is 8.45. The van der Waals surface area contributed by atoms with Gasteiger partial charge >= 0.3 is 0 Å². The summed E-state index contributed by atoms with van der Waals surface area (Å²) in [5.41, 5.74) is 4.93. The highest BCUT2D eigenvalue weighted by atomic mass is 35.5. The van der Waals surface area contributed by atoms with Crippen LogP contribution in [0.2, 0.25) is 5.15 Å². The van der Waals surface area contributed by atoms with Crippen LogP contribution >= 0.6 is 11.6 Å². The van der Waals surface area contributed by atoms with Crippen LogP contribution in [0.4, 0.5) is 5.69 Å². The van der Waals surface area contributed by atoms with Crippen LogP contribution in [-0.4, -0.2) is 10.9 Å². The van der Waals surface area contributed by atoms with E-state index < -0.39 is 5.91 Å². The molecule has 0 saturated carbocycles. The molecule has 1 aromatic heterocycles. The molecule has 0 saturated heterocycles. The zero-order valence-corrected chi connectivity index (χ0v) is 16.1. The van der Waals surface area contributed by atoms with Crippen molar-refractivity contribution in [2.24, 2.45) is 0 Å². The number of para-hydroxylation sites is 1. The number of hydrogen-bond acceptors (Lipinski definition) is 3. The number of carbonyl (C=O) groups excluding carboxylic acids is 1. The molecule has 0 radical (unpaired) electrons. The van der Waals surface area contributed by atoms with E-state index in [1.165, 1.54) is 6.08 Å². The number of benzene rings is 2. The molecule has 4 nitrogen and oxygen atoms in total. The van der Waals surface area contributed by atoms with Crippen molar-refractivity contribution in [2.75, 3.05) is 5.32 Å². The molecule has 5 heteroatoms. The lowest BCUT2D eigenvalue weighted by Gasteiger charge is -2.11. The van der Waals surface area contributed by atoms with Crippen LogP contribution in [-0.2, 0) is 4.79 Å². The predicted octanol–water partition coefficient (Wildman–Crippen LogP) is 5.36. The van der Waals surface area contributed by atoms with Gasteiger partial charge in [-0.05, 0) is 55.7 Å². The third-order valence-corrected chi connectivity index (χ3v) is 4.64. The van der Waals surface area contributed by atoms with E-state index in [1.807, 2.05) is 69.3 Å². The van der Waals surface area contributed by atoms with Gasteiger partial charge in [0.1, 0.15) is 16.8 Å². The molecule has 1 amide bonds. The number of nitrogens with one attached hydrogen (secondary N) is 1. The molecule has 0 aliphatic carbocycles. The third-order valence-electron chi connectivity index (χ3n) is 4.34. The smallest absolute Gasteiger partial charge is 0.266 e. The van der Waals surface area contributed by atoms with Gasteiger partial charge in [0.2, 0.25) is 0 Å². The Balaban J connectivity index is 1.98. The molecule has 134 valence electrons. The number of nitriles is 1. The maximum absolute atomic E-state index is 12.6. The van der Waals surface area contributed by atoms with E-state index in [4.69, 9.17) is 11.6 Å².